The molecule has 1 saturated carbocycles. The molecule has 3 aromatic rings. The van der Waals surface area contributed by atoms with Crippen LogP contribution in [0.5, 0.6) is 0 Å². The van der Waals surface area contributed by atoms with Gasteiger partial charge in [0.05, 0.1) is 6.10 Å². The highest BCUT2D eigenvalue weighted by Gasteiger charge is 2.30. The Morgan fingerprint density at radius 2 is 2.03 bits per heavy atom. The fourth-order valence-electron chi connectivity index (χ4n) is 4.75. The summed E-state index contributed by atoms with van der Waals surface area (Å²) in [6, 6.07) is 13.5. The Morgan fingerprint density at radius 1 is 1.19 bits per heavy atom. The molecule has 5 rings (SSSR count). The number of hydrogen-bond donors (Lipinski definition) is 1. The summed E-state index contributed by atoms with van der Waals surface area (Å²) in [7, 11) is 1.91. The normalized spacial score (nSPS) is 23.1. The average molecular weight is 454 g/mol. The lowest BCUT2D eigenvalue weighted by atomic mass is 10.1. The zero-order valence-electron chi connectivity index (χ0n) is 18.2. The van der Waals surface area contributed by atoms with E-state index in [0.29, 0.717) is 34.2 Å². The monoisotopic (exact) mass is 453 g/mol. The highest BCUT2D eigenvalue weighted by molar-refractivity contribution is 6.31. The molecule has 1 aliphatic heterocycles. The maximum atomic E-state index is 13.1. The van der Waals surface area contributed by atoms with Crippen molar-refractivity contribution < 1.29 is 13.9 Å². The maximum Gasteiger partial charge on any atom is 0.253 e. The van der Waals surface area contributed by atoms with Crippen LogP contribution in [0.15, 0.2) is 46.9 Å². The fourth-order valence-corrected chi connectivity index (χ4v) is 4.91. The van der Waals surface area contributed by atoms with E-state index in [0.717, 1.165) is 56.3 Å². The van der Waals surface area contributed by atoms with E-state index in [2.05, 4.69) is 10.3 Å². The first-order chi connectivity index (χ1) is 15.6. The molecule has 1 aromatic heterocycles. The van der Waals surface area contributed by atoms with E-state index in [4.69, 9.17) is 20.8 Å². The standard InChI is InChI=1S/C25H28ClN3O3/c1-29(20-10-9-19(14-20)27-15-21-3-2-12-31-21)25(30)17-6-4-16(5-7-17)24-28-22-13-18(26)8-11-23(22)32-24/h4-8,11,13,19-21,27H,2-3,9-10,12,14-15H2,1H3/t19-,20+,21?/m0/s1. The van der Waals surface area contributed by atoms with Crippen molar-refractivity contribution >= 4 is 28.6 Å². The molecule has 0 spiro atoms. The molecule has 168 valence electrons. The number of rotatable bonds is 6. The van der Waals surface area contributed by atoms with Gasteiger partial charge in [-0.2, -0.15) is 0 Å². The molecular weight excluding hydrogens is 426 g/mol. The molecular formula is C25H28ClN3O3. The predicted octanol–water partition coefficient (Wildman–Crippen LogP) is 4.91. The number of benzene rings is 2. The number of hydrogen-bond acceptors (Lipinski definition) is 5. The Hall–Kier alpha value is -2.41. The van der Waals surface area contributed by atoms with E-state index in [1.807, 2.05) is 42.3 Å². The molecule has 6 nitrogen and oxygen atoms in total. The van der Waals surface area contributed by atoms with Crippen LogP contribution in [0.4, 0.5) is 0 Å². The number of fused-ring (bicyclic) bond motifs is 1. The van der Waals surface area contributed by atoms with Gasteiger partial charge in [-0.25, -0.2) is 4.98 Å². The van der Waals surface area contributed by atoms with Gasteiger partial charge >= 0.3 is 0 Å². The molecule has 1 aliphatic carbocycles. The molecule has 3 atom stereocenters. The summed E-state index contributed by atoms with van der Waals surface area (Å²) in [5.74, 6) is 0.566. The summed E-state index contributed by atoms with van der Waals surface area (Å²) in [5.41, 5.74) is 2.91. The van der Waals surface area contributed by atoms with Crippen LogP contribution in [0.25, 0.3) is 22.6 Å². The van der Waals surface area contributed by atoms with Crippen molar-refractivity contribution in [1.29, 1.82) is 0 Å². The minimum atomic E-state index is 0.0469. The Morgan fingerprint density at radius 3 is 2.81 bits per heavy atom. The van der Waals surface area contributed by atoms with E-state index < -0.39 is 0 Å². The second kappa shape index (κ2) is 9.22. The number of carbonyl (C=O) groups excluding carboxylic acids is 1. The molecule has 0 radical (unpaired) electrons. The van der Waals surface area contributed by atoms with Crippen molar-refractivity contribution in [2.45, 2.75) is 50.3 Å². The van der Waals surface area contributed by atoms with Crippen LogP contribution >= 0.6 is 11.6 Å². The highest BCUT2D eigenvalue weighted by atomic mass is 35.5. The minimum absolute atomic E-state index is 0.0469. The number of aromatic nitrogens is 1. The quantitative estimate of drug-likeness (QED) is 0.574. The van der Waals surface area contributed by atoms with Gasteiger partial charge < -0.3 is 19.4 Å². The van der Waals surface area contributed by atoms with E-state index in [-0.39, 0.29) is 11.9 Å². The van der Waals surface area contributed by atoms with Crippen LogP contribution in [-0.4, -0.2) is 54.2 Å². The number of carbonyl (C=O) groups is 1. The highest BCUT2D eigenvalue weighted by Crippen LogP contribution is 2.28. The number of oxazole rings is 1. The molecule has 2 aliphatic rings. The molecule has 1 amide bonds. The first-order valence-electron chi connectivity index (χ1n) is 11.4. The number of nitrogens with one attached hydrogen (secondary N) is 1. The van der Waals surface area contributed by atoms with E-state index in [9.17, 15) is 4.79 Å². The lowest BCUT2D eigenvalue weighted by Crippen LogP contribution is -2.38. The summed E-state index contributed by atoms with van der Waals surface area (Å²) in [6.45, 7) is 1.80. The van der Waals surface area contributed by atoms with Crippen LogP contribution in [0.1, 0.15) is 42.5 Å². The summed E-state index contributed by atoms with van der Waals surface area (Å²) < 4.78 is 11.5. The smallest absolute Gasteiger partial charge is 0.253 e. The largest absolute Gasteiger partial charge is 0.436 e. The number of nitrogens with zero attached hydrogens (tertiary/aromatic N) is 2. The van der Waals surface area contributed by atoms with Gasteiger partial charge in [0, 0.05) is 48.4 Å². The third-order valence-electron chi connectivity index (χ3n) is 6.66. The van der Waals surface area contributed by atoms with Crippen molar-refractivity contribution in [2.24, 2.45) is 0 Å². The van der Waals surface area contributed by atoms with Gasteiger partial charge in [-0.3, -0.25) is 4.79 Å². The third-order valence-corrected chi connectivity index (χ3v) is 6.89. The van der Waals surface area contributed by atoms with Gasteiger partial charge in [0.15, 0.2) is 5.58 Å². The molecule has 2 fully saturated rings. The molecule has 2 heterocycles. The van der Waals surface area contributed by atoms with Gasteiger partial charge in [0.25, 0.3) is 5.91 Å². The minimum Gasteiger partial charge on any atom is -0.436 e. The molecule has 32 heavy (non-hydrogen) atoms. The van der Waals surface area contributed by atoms with Crippen molar-refractivity contribution in [3.63, 3.8) is 0 Å². The zero-order valence-corrected chi connectivity index (χ0v) is 19.0. The van der Waals surface area contributed by atoms with E-state index >= 15 is 0 Å². The molecule has 2 aromatic carbocycles. The lowest BCUT2D eigenvalue weighted by molar-refractivity contribution is 0.0731. The third kappa shape index (κ3) is 4.53. The first kappa shape index (κ1) is 21.4. The van der Waals surface area contributed by atoms with Crippen LogP contribution in [0.2, 0.25) is 5.02 Å². The first-order valence-corrected chi connectivity index (χ1v) is 11.7. The predicted molar refractivity (Wildman–Crippen MR) is 125 cm³/mol. The maximum absolute atomic E-state index is 13.1. The average Bonchev–Trinajstić information content (AvgIpc) is 3.57. The second-order valence-corrected chi connectivity index (χ2v) is 9.27. The van der Waals surface area contributed by atoms with Gasteiger partial charge in [-0.1, -0.05) is 11.6 Å². The van der Waals surface area contributed by atoms with Crippen molar-refractivity contribution in [2.75, 3.05) is 20.2 Å². The van der Waals surface area contributed by atoms with Gasteiger partial charge in [-0.15, -0.1) is 0 Å². The van der Waals surface area contributed by atoms with Crippen molar-refractivity contribution in [3.8, 4) is 11.5 Å². The molecule has 7 heteroatoms. The topological polar surface area (TPSA) is 67.6 Å². The summed E-state index contributed by atoms with van der Waals surface area (Å²) in [6.07, 6.45) is 5.76. The summed E-state index contributed by atoms with van der Waals surface area (Å²) in [5, 5.41) is 4.26. The SMILES string of the molecule is CN(C(=O)c1ccc(-c2nc3cc(Cl)ccc3o2)cc1)[C@@H]1CC[C@H](NCC2CCCO2)C1. The van der Waals surface area contributed by atoms with Gasteiger partial charge in [0.1, 0.15) is 5.52 Å². The Balaban J connectivity index is 1.20. The van der Waals surface area contributed by atoms with Crippen molar-refractivity contribution in [3.05, 3.63) is 53.1 Å². The Kier molecular flexibility index (Phi) is 6.17. The number of amides is 1. The number of ether oxygens (including phenoxy) is 1. The van der Waals surface area contributed by atoms with Crippen molar-refractivity contribution in [1.82, 2.24) is 15.2 Å². The van der Waals surface area contributed by atoms with Crippen LogP contribution in [-0.2, 0) is 4.74 Å². The Labute approximate surface area is 192 Å². The summed E-state index contributed by atoms with van der Waals surface area (Å²) >= 11 is 6.04. The second-order valence-electron chi connectivity index (χ2n) is 8.83. The van der Waals surface area contributed by atoms with E-state index in [1.54, 1.807) is 12.1 Å². The number of halogens is 1. The van der Waals surface area contributed by atoms with Gasteiger partial charge in [0.2, 0.25) is 5.89 Å². The molecule has 0 bridgehead atoms. The molecule has 1 unspecified atom stereocenters. The van der Waals surface area contributed by atoms with Gasteiger partial charge in [-0.05, 0) is 74.6 Å². The van der Waals surface area contributed by atoms with E-state index in [1.165, 1.54) is 0 Å². The zero-order chi connectivity index (χ0) is 22.1. The molecule has 1 N–H and O–H groups in total. The summed E-state index contributed by atoms with van der Waals surface area (Å²) in [4.78, 5) is 19.5. The van der Waals surface area contributed by atoms with Crippen LogP contribution in [0, 0.1) is 0 Å². The Bertz CT molecular complexity index is 1090. The molecule has 1 saturated heterocycles. The van der Waals surface area contributed by atoms with Crippen LogP contribution in [0.3, 0.4) is 0 Å². The lowest BCUT2D eigenvalue weighted by Gasteiger charge is -2.25. The van der Waals surface area contributed by atoms with Crippen LogP contribution < -0.4 is 5.32 Å². The fraction of sp³-hybridized carbons (Fsp3) is 0.440.